The molecule has 2 aromatic heterocycles. The zero-order valence-corrected chi connectivity index (χ0v) is 13.0. The normalized spacial score (nSPS) is 11.0. The predicted molar refractivity (Wildman–Crippen MR) is 87.5 cm³/mol. The van der Waals surface area contributed by atoms with Crippen molar-refractivity contribution in [3.63, 3.8) is 0 Å². The van der Waals surface area contributed by atoms with Gasteiger partial charge in [0.1, 0.15) is 11.5 Å². The van der Waals surface area contributed by atoms with Gasteiger partial charge in [0.2, 0.25) is 0 Å². The van der Waals surface area contributed by atoms with E-state index in [1.807, 2.05) is 25.1 Å². The number of carbonyl (C=O) groups is 1. The van der Waals surface area contributed by atoms with Gasteiger partial charge in [0.05, 0.1) is 6.21 Å². The Morgan fingerprint density at radius 3 is 2.78 bits per heavy atom. The zero-order valence-electron chi connectivity index (χ0n) is 12.2. The molecule has 0 fully saturated rings. The summed E-state index contributed by atoms with van der Waals surface area (Å²) in [5, 5.41) is 11.1. The van der Waals surface area contributed by atoms with Gasteiger partial charge in [0.15, 0.2) is 5.69 Å². The van der Waals surface area contributed by atoms with Gasteiger partial charge in [-0.05, 0) is 49.4 Å². The molecule has 1 aromatic carbocycles. The summed E-state index contributed by atoms with van der Waals surface area (Å²) in [5.74, 6) is 0.820. The second kappa shape index (κ2) is 6.50. The summed E-state index contributed by atoms with van der Waals surface area (Å²) in [6.45, 7) is 1.81. The van der Waals surface area contributed by atoms with Gasteiger partial charge in [-0.3, -0.25) is 9.89 Å². The van der Waals surface area contributed by atoms with Gasteiger partial charge in [-0.15, -0.1) is 0 Å². The summed E-state index contributed by atoms with van der Waals surface area (Å²) < 4.78 is 5.64. The van der Waals surface area contributed by atoms with Crippen LogP contribution in [0.4, 0.5) is 0 Å². The molecule has 0 aliphatic heterocycles. The van der Waals surface area contributed by atoms with Gasteiger partial charge in [-0.25, -0.2) is 5.43 Å². The smallest absolute Gasteiger partial charge is 0.291 e. The maximum atomic E-state index is 11.8. The first kappa shape index (κ1) is 15.1. The van der Waals surface area contributed by atoms with Crippen molar-refractivity contribution in [1.29, 1.82) is 0 Å². The zero-order chi connectivity index (χ0) is 16.2. The van der Waals surface area contributed by atoms with Crippen molar-refractivity contribution >= 4 is 23.7 Å². The number of H-pyrrole nitrogens is 1. The average molecular weight is 329 g/mol. The summed E-state index contributed by atoms with van der Waals surface area (Å²) >= 11 is 5.86. The lowest BCUT2D eigenvalue weighted by Gasteiger charge is -1.96. The average Bonchev–Trinajstić information content (AvgIpc) is 3.17. The Bertz CT molecular complexity index is 849. The van der Waals surface area contributed by atoms with Gasteiger partial charge >= 0.3 is 0 Å². The molecule has 0 unspecified atom stereocenters. The van der Waals surface area contributed by atoms with Crippen LogP contribution in [0, 0.1) is 6.92 Å². The number of furan rings is 1. The van der Waals surface area contributed by atoms with Crippen LogP contribution in [0.15, 0.2) is 52.0 Å². The Hall–Kier alpha value is -2.86. The minimum Gasteiger partial charge on any atom is -0.455 e. The molecule has 0 radical (unpaired) electrons. The minimum absolute atomic E-state index is 0.279. The Kier molecular flexibility index (Phi) is 4.25. The second-order valence-corrected chi connectivity index (χ2v) is 5.28. The SMILES string of the molecule is Cc1cc(C(=O)NN=Cc2ccc(-c3ccc(Cl)cc3)o2)n[nH]1. The number of hydrogen-bond acceptors (Lipinski definition) is 4. The molecule has 0 spiro atoms. The van der Waals surface area contributed by atoms with Crippen LogP contribution in [-0.2, 0) is 0 Å². The van der Waals surface area contributed by atoms with Crippen LogP contribution < -0.4 is 5.43 Å². The van der Waals surface area contributed by atoms with Crippen molar-refractivity contribution in [3.05, 3.63) is 64.6 Å². The third-order valence-electron chi connectivity index (χ3n) is 3.05. The number of aryl methyl sites for hydroxylation is 1. The molecule has 3 aromatic rings. The molecule has 0 saturated heterocycles. The number of hydrogen-bond donors (Lipinski definition) is 2. The highest BCUT2D eigenvalue weighted by atomic mass is 35.5. The molecule has 23 heavy (non-hydrogen) atoms. The maximum absolute atomic E-state index is 11.8. The summed E-state index contributed by atoms with van der Waals surface area (Å²) in [4.78, 5) is 11.8. The topological polar surface area (TPSA) is 83.3 Å². The largest absolute Gasteiger partial charge is 0.455 e. The number of aromatic nitrogens is 2. The number of carbonyl (C=O) groups excluding carboxylic acids is 1. The van der Waals surface area contributed by atoms with E-state index in [0.29, 0.717) is 16.5 Å². The van der Waals surface area contributed by atoms with Crippen LogP contribution in [0.3, 0.4) is 0 Å². The molecular weight excluding hydrogens is 316 g/mol. The van der Waals surface area contributed by atoms with Crippen LogP contribution in [-0.4, -0.2) is 22.3 Å². The predicted octanol–water partition coefficient (Wildman–Crippen LogP) is 3.40. The van der Waals surface area contributed by atoms with Crippen molar-refractivity contribution in [1.82, 2.24) is 15.6 Å². The van der Waals surface area contributed by atoms with E-state index in [1.165, 1.54) is 6.21 Å². The molecule has 0 bridgehead atoms. The van der Waals surface area contributed by atoms with E-state index >= 15 is 0 Å². The highest BCUT2D eigenvalue weighted by molar-refractivity contribution is 6.30. The van der Waals surface area contributed by atoms with Gasteiger partial charge < -0.3 is 4.42 Å². The van der Waals surface area contributed by atoms with Gasteiger partial charge in [-0.2, -0.15) is 10.2 Å². The number of halogens is 1. The molecular formula is C16H13ClN4O2. The van der Waals surface area contributed by atoms with Crippen LogP contribution >= 0.6 is 11.6 Å². The number of nitrogens with one attached hydrogen (secondary N) is 2. The molecule has 2 N–H and O–H groups in total. The van der Waals surface area contributed by atoms with Crippen molar-refractivity contribution in [2.75, 3.05) is 0 Å². The fraction of sp³-hybridized carbons (Fsp3) is 0.0625. The Labute approximate surface area is 137 Å². The van der Waals surface area contributed by atoms with Gasteiger partial charge in [0.25, 0.3) is 5.91 Å². The summed E-state index contributed by atoms with van der Waals surface area (Å²) in [6.07, 6.45) is 1.43. The van der Waals surface area contributed by atoms with E-state index in [2.05, 4.69) is 20.7 Å². The van der Waals surface area contributed by atoms with E-state index < -0.39 is 5.91 Å². The third-order valence-corrected chi connectivity index (χ3v) is 3.30. The second-order valence-electron chi connectivity index (χ2n) is 4.84. The van der Waals surface area contributed by atoms with Crippen LogP contribution in [0.25, 0.3) is 11.3 Å². The number of amides is 1. The quantitative estimate of drug-likeness (QED) is 0.568. The molecule has 6 nitrogen and oxygen atoms in total. The molecule has 116 valence electrons. The maximum Gasteiger partial charge on any atom is 0.291 e. The van der Waals surface area contributed by atoms with E-state index in [1.54, 1.807) is 24.3 Å². The fourth-order valence-corrected chi connectivity index (χ4v) is 2.06. The Morgan fingerprint density at radius 1 is 1.30 bits per heavy atom. The van der Waals surface area contributed by atoms with Gasteiger partial charge in [-0.1, -0.05) is 11.6 Å². The number of aromatic amines is 1. The fourth-order valence-electron chi connectivity index (χ4n) is 1.94. The molecule has 0 aliphatic carbocycles. The number of benzene rings is 1. The summed E-state index contributed by atoms with van der Waals surface area (Å²) in [7, 11) is 0. The Morgan fingerprint density at radius 2 is 2.09 bits per heavy atom. The Balaban J connectivity index is 1.64. The van der Waals surface area contributed by atoms with E-state index in [0.717, 1.165) is 11.3 Å². The molecule has 7 heteroatoms. The molecule has 1 amide bonds. The standard InChI is InChI=1S/C16H13ClN4O2/c1-10-8-14(20-19-10)16(22)21-18-9-13-6-7-15(23-13)11-2-4-12(17)5-3-11/h2-9H,1H3,(H,19,20)(H,21,22). The highest BCUT2D eigenvalue weighted by Crippen LogP contribution is 2.23. The van der Waals surface area contributed by atoms with E-state index in [9.17, 15) is 4.79 Å². The summed E-state index contributed by atoms with van der Waals surface area (Å²) in [5.41, 5.74) is 4.38. The first-order valence-electron chi connectivity index (χ1n) is 6.83. The molecule has 0 saturated carbocycles. The lowest BCUT2D eigenvalue weighted by molar-refractivity contribution is 0.0950. The van der Waals surface area contributed by atoms with Crippen molar-refractivity contribution in [2.45, 2.75) is 6.92 Å². The highest BCUT2D eigenvalue weighted by Gasteiger charge is 2.08. The molecule has 3 rings (SSSR count). The van der Waals surface area contributed by atoms with Crippen LogP contribution in [0.5, 0.6) is 0 Å². The number of hydrazone groups is 1. The monoisotopic (exact) mass is 328 g/mol. The van der Waals surface area contributed by atoms with E-state index in [4.69, 9.17) is 16.0 Å². The van der Waals surface area contributed by atoms with Crippen LogP contribution in [0.2, 0.25) is 5.02 Å². The van der Waals surface area contributed by atoms with Crippen molar-refractivity contribution in [3.8, 4) is 11.3 Å². The summed E-state index contributed by atoms with van der Waals surface area (Å²) in [6, 6.07) is 12.5. The van der Waals surface area contributed by atoms with Crippen LogP contribution in [0.1, 0.15) is 21.9 Å². The lowest BCUT2D eigenvalue weighted by atomic mass is 10.2. The molecule has 0 atom stereocenters. The van der Waals surface area contributed by atoms with Gasteiger partial charge in [0, 0.05) is 16.3 Å². The first-order chi connectivity index (χ1) is 11.1. The number of nitrogens with zero attached hydrogens (tertiary/aromatic N) is 2. The first-order valence-corrected chi connectivity index (χ1v) is 7.21. The molecule has 2 heterocycles. The third kappa shape index (κ3) is 3.67. The van der Waals surface area contributed by atoms with Crippen molar-refractivity contribution < 1.29 is 9.21 Å². The lowest BCUT2D eigenvalue weighted by Crippen LogP contribution is -2.17. The molecule has 0 aliphatic rings. The minimum atomic E-state index is -0.393. The van der Waals surface area contributed by atoms with Crippen molar-refractivity contribution in [2.24, 2.45) is 5.10 Å². The van der Waals surface area contributed by atoms with E-state index in [-0.39, 0.29) is 5.69 Å². The number of rotatable bonds is 4.